The highest BCUT2D eigenvalue weighted by atomic mass is 19.1. The van der Waals surface area contributed by atoms with Gasteiger partial charge >= 0.3 is 0 Å². The van der Waals surface area contributed by atoms with E-state index < -0.39 is 0 Å². The molecule has 5 heteroatoms. The van der Waals surface area contributed by atoms with Gasteiger partial charge in [0.25, 0.3) is 0 Å². The number of hydrogen-bond donors (Lipinski definition) is 1. The molecule has 0 saturated heterocycles. The van der Waals surface area contributed by atoms with Crippen LogP contribution >= 0.6 is 0 Å². The average Bonchev–Trinajstić information content (AvgIpc) is 3.00. The lowest BCUT2D eigenvalue weighted by Gasteiger charge is -2.15. The van der Waals surface area contributed by atoms with E-state index in [1.165, 1.54) is 37.8 Å². The third-order valence-corrected chi connectivity index (χ3v) is 6.02. The molecule has 1 saturated carbocycles. The smallest absolute Gasteiger partial charge is 0.244 e. The average molecular weight is 422 g/mol. The predicted octanol–water partition coefficient (Wildman–Crippen LogP) is 6.49. The molecule has 4 nitrogen and oxygen atoms in total. The molecule has 0 aliphatic heterocycles. The van der Waals surface area contributed by atoms with Crippen molar-refractivity contribution in [3.8, 4) is 16.9 Å². The van der Waals surface area contributed by atoms with Crippen molar-refractivity contribution in [3.05, 3.63) is 60.1 Å². The first-order valence-electron chi connectivity index (χ1n) is 10.9. The third-order valence-electron chi connectivity index (χ3n) is 6.02. The Morgan fingerprint density at radius 1 is 1.13 bits per heavy atom. The first kappa shape index (κ1) is 21.2. The number of nitrogens with one attached hydrogen (secondary N) is 1. The number of methoxy groups -OCH3 is 1. The molecule has 1 amide bonds. The van der Waals surface area contributed by atoms with Crippen LogP contribution in [0.25, 0.3) is 27.7 Å². The van der Waals surface area contributed by atoms with Gasteiger partial charge in [0, 0.05) is 34.7 Å². The van der Waals surface area contributed by atoms with E-state index in [1.54, 1.807) is 31.6 Å². The van der Waals surface area contributed by atoms with Gasteiger partial charge in [0.15, 0.2) is 0 Å². The molecule has 31 heavy (non-hydrogen) atoms. The van der Waals surface area contributed by atoms with Crippen molar-refractivity contribution in [1.82, 2.24) is 5.32 Å². The summed E-state index contributed by atoms with van der Waals surface area (Å²) in [7, 11) is 1.60. The first-order valence-corrected chi connectivity index (χ1v) is 10.9. The van der Waals surface area contributed by atoms with E-state index in [0.29, 0.717) is 11.3 Å². The van der Waals surface area contributed by atoms with Crippen LogP contribution in [0.5, 0.6) is 5.75 Å². The summed E-state index contributed by atoms with van der Waals surface area (Å²) in [6.07, 6.45) is 10.2. The molecule has 0 bridgehead atoms. The van der Waals surface area contributed by atoms with E-state index in [2.05, 4.69) is 5.32 Å². The highest BCUT2D eigenvalue weighted by molar-refractivity contribution is 6.00. The number of allylic oxidation sites excluding steroid dienone is 1. The van der Waals surface area contributed by atoms with Crippen LogP contribution in [0, 0.1) is 5.82 Å². The molecule has 1 aliphatic rings. The number of halogens is 1. The maximum atomic E-state index is 13.3. The number of amides is 1. The van der Waals surface area contributed by atoms with Gasteiger partial charge in [-0.2, -0.15) is 0 Å². The lowest BCUT2D eigenvalue weighted by atomic mass is 9.99. The van der Waals surface area contributed by atoms with Crippen molar-refractivity contribution in [3.63, 3.8) is 0 Å². The second-order valence-electron chi connectivity index (χ2n) is 8.23. The summed E-state index contributed by atoms with van der Waals surface area (Å²) in [5, 5.41) is 4.05. The molecule has 1 N–H and O–H groups in total. The van der Waals surface area contributed by atoms with Gasteiger partial charge in [-0.25, -0.2) is 4.39 Å². The van der Waals surface area contributed by atoms with E-state index in [1.807, 2.05) is 19.1 Å². The second-order valence-corrected chi connectivity index (χ2v) is 8.23. The van der Waals surface area contributed by atoms with Gasteiger partial charge < -0.3 is 14.5 Å². The van der Waals surface area contributed by atoms with Gasteiger partial charge in [-0.05, 0) is 49.1 Å². The molecule has 2 aromatic carbocycles. The van der Waals surface area contributed by atoms with E-state index >= 15 is 0 Å². The first-order chi connectivity index (χ1) is 15.0. The summed E-state index contributed by atoms with van der Waals surface area (Å²) in [5.41, 5.74) is 4.06. The number of carbonyl (C=O) groups is 1. The molecule has 0 spiro atoms. The SMILES string of the molecule is COc1cc2occ(-c3ccc(F)cc3)c2cc1/C(C)=C/C(=O)NC1CCCCCC1. The molecule has 1 aliphatic carbocycles. The zero-order valence-corrected chi connectivity index (χ0v) is 18.0. The lowest BCUT2D eigenvalue weighted by Crippen LogP contribution is -2.33. The Balaban J connectivity index is 1.64. The van der Waals surface area contributed by atoms with Gasteiger partial charge in [-0.1, -0.05) is 37.8 Å². The molecule has 1 heterocycles. The highest BCUT2D eigenvalue weighted by Gasteiger charge is 2.17. The van der Waals surface area contributed by atoms with Crippen LogP contribution in [0.15, 0.2) is 53.2 Å². The van der Waals surface area contributed by atoms with E-state index in [4.69, 9.17) is 9.15 Å². The summed E-state index contributed by atoms with van der Waals surface area (Å²) >= 11 is 0. The van der Waals surface area contributed by atoms with Crippen LogP contribution in [-0.2, 0) is 4.79 Å². The fraction of sp³-hybridized carbons (Fsp3) is 0.346. The lowest BCUT2D eigenvalue weighted by molar-refractivity contribution is -0.117. The molecule has 3 aromatic rings. The number of benzene rings is 2. The minimum atomic E-state index is -0.280. The molecular weight excluding hydrogens is 393 g/mol. The Morgan fingerprint density at radius 3 is 2.52 bits per heavy atom. The summed E-state index contributed by atoms with van der Waals surface area (Å²) in [4.78, 5) is 12.7. The molecule has 1 aromatic heterocycles. The van der Waals surface area contributed by atoms with Crippen LogP contribution < -0.4 is 10.1 Å². The Kier molecular flexibility index (Phi) is 6.40. The number of furan rings is 1. The minimum Gasteiger partial charge on any atom is -0.496 e. The normalized spacial score (nSPS) is 15.6. The van der Waals surface area contributed by atoms with Crippen LogP contribution in [0.4, 0.5) is 4.39 Å². The van der Waals surface area contributed by atoms with Crippen molar-refractivity contribution in [2.75, 3.05) is 7.11 Å². The molecule has 1 fully saturated rings. The highest BCUT2D eigenvalue weighted by Crippen LogP contribution is 2.37. The summed E-state index contributed by atoms with van der Waals surface area (Å²) in [5.74, 6) is 0.290. The standard InChI is InChI=1S/C26H28FNO3/c1-17(13-26(29)28-20-7-5-3-4-6-8-20)21-14-22-23(18-9-11-19(27)12-10-18)16-31-25(22)15-24(21)30-2/h9-16,20H,3-8H2,1-2H3,(H,28,29)/b17-13+. The number of ether oxygens (including phenoxy) is 1. The predicted molar refractivity (Wildman–Crippen MR) is 121 cm³/mol. The second kappa shape index (κ2) is 9.38. The van der Waals surface area contributed by atoms with Crippen molar-refractivity contribution >= 4 is 22.4 Å². The van der Waals surface area contributed by atoms with Gasteiger partial charge in [-0.15, -0.1) is 0 Å². The molecular formula is C26H28FNO3. The van der Waals surface area contributed by atoms with Gasteiger partial charge in [0.2, 0.25) is 5.91 Å². The van der Waals surface area contributed by atoms with E-state index in [9.17, 15) is 9.18 Å². The fourth-order valence-electron chi connectivity index (χ4n) is 4.33. The van der Waals surface area contributed by atoms with Crippen molar-refractivity contribution in [1.29, 1.82) is 0 Å². The monoisotopic (exact) mass is 421 g/mol. The zero-order valence-electron chi connectivity index (χ0n) is 18.0. The van der Waals surface area contributed by atoms with Gasteiger partial charge in [0.1, 0.15) is 17.1 Å². The third kappa shape index (κ3) is 4.82. The van der Waals surface area contributed by atoms with Crippen LogP contribution in [0.3, 0.4) is 0 Å². The van der Waals surface area contributed by atoms with Gasteiger partial charge in [-0.3, -0.25) is 4.79 Å². The summed E-state index contributed by atoms with van der Waals surface area (Å²) in [6, 6.07) is 10.4. The molecule has 0 radical (unpaired) electrons. The van der Waals surface area contributed by atoms with Crippen LogP contribution in [0.1, 0.15) is 51.0 Å². The Morgan fingerprint density at radius 2 is 1.84 bits per heavy atom. The molecule has 162 valence electrons. The Hall–Kier alpha value is -3.08. The van der Waals surface area contributed by atoms with Crippen LogP contribution in [-0.4, -0.2) is 19.1 Å². The minimum absolute atomic E-state index is 0.0718. The molecule has 0 atom stereocenters. The molecule has 0 unspecified atom stereocenters. The maximum Gasteiger partial charge on any atom is 0.244 e. The number of fused-ring (bicyclic) bond motifs is 1. The Bertz CT molecular complexity index is 1090. The zero-order chi connectivity index (χ0) is 21.8. The van der Waals surface area contributed by atoms with Gasteiger partial charge in [0.05, 0.1) is 13.4 Å². The van der Waals surface area contributed by atoms with Crippen molar-refractivity contribution in [2.24, 2.45) is 0 Å². The van der Waals surface area contributed by atoms with Crippen LogP contribution in [0.2, 0.25) is 0 Å². The van der Waals surface area contributed by atoms with E-state index in [0.717, 1.165) is 40.5 Å². The number of rotatable bonds is 5. The van der Waals surface area contributed by atoms with Crippen molar-refractivity contribution in [2.45, 2.75) is 51.5 Å². The maximum absolute atomic E-state index is 13.3. The number of carbonyl (C=O) groups excluding carboxylic acids is 1. The Labute approximate surface area is 182 Å². The topological polar surface area (TPSA) is 51.5 Å². The van der Waals surface area contributed by atoms with E-state index in [-0.39, 0.29) is 17.8 Å². The quantitative estimate of drug-likeness (QED) is 0.378. The summed E-state index contributed by atoms with van der Waals surface area (Å²) in [6.45, 7) is 1.91. The number of hydrogen-bond acceptors (Lipinski definition) is 3. The molecule has 4 rings (SSSR count). The fourth-order valence-corrected chi connectivity index (χ4v) is 4.33. The largest absolute Gasteiger partial charge is 0.496 e. The van der Waals surface area contributed by atoms with Crippen molar-refractivity contribution < 1.29 is 18.3 Å². The summed E-state index contributed by atoms with van der Waals surface area (Å²) < 4.78 is 24.6.